The largest absolute Gasteiger partial charge is 0.471 e. The maximum atomic E-state index is 12.2. The van der Waals surface area contributed by atoms with E-state index in [2.05, 4.69) is 238 Å². The molecular formula is C107H207F3N12O10. The Hall–Kier alpha value is -5.02. The molecule has 8 saturated heterocycles. The highest BCUT2D eigenvalue weighted by atomic mass is 19.4. The van der Waals surface area contributed by atoms with Crippen LogP contribution in [0.25, 0.3) is 0 Å². The fourth-order valence-corrected chi connectivity index (χ4v) is 15.1. The smallest absolute Gasteiger partial charge is 0.378 e. The Labute approximate surface area is 808 Å². The van der Waals surface area contributed by atoms with Gasteiger partial charge < -0.3 is 59.1 Å². The lowest BCUT2D eigenvalue weighted by atomic mass is 9.76. The molecule has 22 nitrogen and oxygen atoms in total. The number of hydrogen-bond acceptors (Lipinski definition) is 16. The van der Waals surface area contributed by atoms with E-state index in [-0.39, 0.29) is 79.0 Å². The molecule has 6 amide bonds. The number of likely N-dealkylation sites (tertiary alicyclic amines) is 6. The van der Waals surface area contributed by atoms with E-state index in [9.17, 15) is 46.7 Å². The number of hydrogen-bond donors (Lipinski definition) is 2. The quantitative estimate of drug-likeness (QED) is 0.0776. The second kappa shape index (κ2) is 66.5. The van der Waals surface area contributed by atoms with Crippen LogP contribution in [0.4, 0.5) is 18.0 Å². The maximum absolute atomic E-state index is 12.2. The molecule has 8 aliphatic heterocycles. The van der Waals surface area contributed by atoms with Crippen LogP contribution in [0.5, 0.6) is 0 Å². The van der Waals surface area contributed by atoms with E-state index in [0.717, 1.165) is 155 Å². The molecule has 8 fully saturated rings. The summed E-state index contributed by atoms with van der Waals surface area (Å²) >= 11 is 0. The summed E-state index contributed by atoms with van der Waals surface area (Å²) in [6.45, 7) is 102. The van der Waals surface area contributed by atoms with Gasteiger partial charge in [0.25, 0.3) is 0 Å². The average molecular weight is 1880 g/mol. The summed E-state index contributed by atoms with van der Waals surface area (Å²) in [5, 5.41) is 22.0. The number of alkyl halides is 3. The Morgan fingerprint density at radius 1 is 0.492 bits per heavy atom. The summed E-state index contributed by atoms with van der Waals surface area (Å²) in [4.78, 5) is 94.5. The minimum absolute atomic E-state index is 0.0191. The molecule has 1 atom stereocenters. The van der Waals surface area contributed by atoms with Crippen molar-refractivity contribution in [1.29, 1.82) is 10.5 Å². The number of amides is 6. The van der Waals surface area contributed by atoms with E-state index >= 15 is 0 Å². The van der Waals surface area contributed by atoms with Crippen LogP contribution in [0.3, 0.4) is 0 Å². The van der Waals surface area contributed by atoms with Crippen LogP contribution >= 0.6 is 0 Å². The van der Waals surface area contributed by atoms with Crippen LogP contribution in [-0.4, -0.2) is 268 Å². The van der Waals surface area contributed by atoms with Crippen molar-refractivity contribution in [3.63, 3.8) is 0 Å². The highest BCUT2D eigenvalue weighted by molar-refractivity contribution is 5.82. The molecule has 0 aromatic rings. The van der Waals surface area contributed by atoms with E-state index in [1.807, 2.05) is 49.6 Å². The molecule has 8 aliphatic rings. The highest BCUT2D eigenvalue weighted by Crippen LogP contribution is 2.36. The van der Waals surface area contributed by atoms with Crippen LogP contribution in [0, 0.1) is 121 Å². The summed E-state index contributed by atoms with van der Waals surface area (Å²) in [5.41, 5.74) is 1.80. The Balaban J connectivity index is -0.00000139. The number of rotatable bonds is 27. The lowest BCUT2D eigenvalue weighted by molar-refractivity contribution is -0.188. The van der Waals surface area contributed by atoms with Crippen LogP contribution < -0.4 is 10.6 Å². The number of Topliss-reactive ketones (excluding diaryl/α,β-unsaturated/α-hetero) is 2. The van der Waals surface area contributed by atoms with Crippen molar-refractivity contribution in [1.82, 2.24) is 49.8 Å². The van der Waals surface area contributed by atoms with E-state index < -0.39 is 18.1 Å². The van der Waals surface area contributed by atoms with Gasteiger partial charge in [0.2, 0.25) is 17.7 Å². The van der Waals surface area contributed by atoms with E-state index in [4.69, 9.17) is 24.7 Å². The van der Waals surface area contributed by atoms with E-state index in [1.54, 1.807) is 39.6 Å². The van der Waals surface area contributed by atoms with Crippen LogP contribution in [0.1, 0.15) is 353 Å². The normalized spacial score (nSPS) is 18.1. The molecule has 0 aliphatic carbocycles. The minimum atomic E-state index is -4.82. The van der Waals surface area contributed by atoms with Gasteiger partial charge in [-0.05, 0) is 239 Å². The fourth-order valence-electron chi connectivity index (χ4n) is 15.1. The summed E-state index contributed by atoms with van der Waals surface area (Å²) in [7, 11) is 1.67. The molecule has 0 aromatic heterocycles. The third kappa shape index (κ3) is 63.5. The summed E-state index contributed by atoms with van der Waals surface area (Å²) in [6.07, 6.45) is 7.17. The van der Waals surface area contributed by atoms with Crippen LogP contribution in [0.15, 0.2) is 0 Å². The van der Waals surface area contributed by atoms with Crippen molar-refractivity contribution in [2.75, 3.05) is 145 Å². The monoisotopic (exact) mass is 1880 g/mol. The van der Waals surface area contributed by atoms with Gasteiger partial charge in [0.15, 0.2) is 0 Å². The topological polar surface area (TPSA) is 245 Å². The number of carbonyl (C=O) groups excluding carboxylic acids is 7. The summed E-state index contributed by atoms with van der Waals surface area (Å²) < 4.78 is 52.1. The van der Waals surface area contributed by atoms with Gasteiger partial charge >= 0.3 is 18.1 Å². The van der Waals surface area contributed by atoms with Gasteiger partial charge in [-0.25, -0.2) is 4.79 Å². The second-order valence-corrected chi connectivity index (χ2v) is 47.5. The van der Waals surface area contributed by atoms with Gasteiger partial charge in [0, 0.05) is 141 Å². The van der Waals surface area contributed by atoms with Gasteiger partial charge in [0.05, 0.1) is 63.7 Å². The number of nitrogens with one attached hydrogen (secondary N) is 2. The number of ketones is 2. The summed E-state index contributed by atoms with van der Waals surface area (Å²) in [6, 6.07) is 5.82. The molecule has 776 valence electrons. The molecule has 0 saturated carbocycles. The lowest BCUT2D eigenvalue weighted by Crippen LogP contribution is -2.56. The number of carbonyl (C=O) groups is 7. The molecule has 2 N–H and O–H groups in total. The molecule has 132 heavy (non-hydrogen) atoms. The van der Waals surface area contributed by atoms with Gasteiger partial charge in [-0.2, -0.15) is 23.7 Å². The lowest BCUT2D eigenvalue weighted by Gasteiger charge is -2.46. The molecule has 0 spiro atoms. The Kier molecular flexibility index (Phi) is 66.1. The van der Waals surface area contributed by atoms with Crippen molar-refractivity contribution >= 4 is 41.2 Å². The third-order valence-electron chi connectivity index (χ3n) is 25.9. The zero-order valence-electron chi connectivity index (χ0n) is 92.3. The number of nitriles is 2. The van der Waals surface area contributed by atoms with Crippen molar-refractivity contribution < 1.29 is 60.9 Å². The zero-order chi connectivity index (χ0) is 103. The van der Waals surface area contributed by atoms with Crippen molar-refractivity contribution in [2.24, 2.45) is 98.1 Å². The Morgan fingerprint density at radius 2 is 0.939 bits per heavy atom. The number of morpholine rings is 1. The predicted molar refractivity (Wildman–Crippen MR) is 542 cm³/mol. The molecule has 0 aromatic carbocycles. The fraction of sp³-hybridized carbons (Fsp3) is 0.916. The molecule has 8 rings (SSSR count). The molecule has 1 unspecified atom stereocenters. The Bertz CT molecular complexity index is 3130. The van der Waals surface area contributed by atoms with Gasteiger partial charge in [-0.3, -0.25) is 33.7 Å². The number of nitrogens with zero attached hydrogens (tertiary/aromatic N) is 10. The second-order valence-electron chi connectivity index (χ2n) is 47.5. The number of urea groups is 1. The minimum Gasteiger partial charge on any atom is -0.378 e. The van der Waals surface area contributed by atoms with Gasteiger partial charge in [0.1, 0.15) is 18.0 Å². The molecule has 25 heteroatoms. The Morgan fingerprint density at radius 3 is 1.30 bits per heavy atom. The predicted octanol–water partition coefficient (Wildman–Crippen LogP) is 22.0. The van der Waals surface area contributed by atoms with Crippen molar-refractivity contribution in [3.8, 4) is 12.1 Å². The van der Waals surface area contributed by atoms with Gasteiger partial charge in [-0.1, -0.05) is 194 Å². The molecule has 0 radical (unpaired) electrons. The first-order chi connectivity index (χ1) is 60.6. The van der Waals surface area contributed by atoms with E-state index in [1.165, 1.54) is 78.2 Å². The first-order valence-corrected chi connectivity index (χ1v) is 51.3. The maximum Gasteiger partial charge on any atom is 0.471 e. The first-order valence-electron chi connectivity index (χ1n) is 51.3. The molecule has 0 bridgehead atoms. The van der Waals surface area contributed by atoms with Gasteiger partial charge in [-0.15, -0.1) is 0 Å². The number of piperidine rings is 1. The van der Waals surface area contributed by atoms with Crippen molar-refractivity contribution in [3.05, 3.63) is 0 Å². The molecule has 8 heterocycles. The van der Waals surface area contributed by atoms with Crippen LogP contribution in [0.2, 0.25) is 0 Å². The number of halogens is 3. The standard InChI is InChI=1S/C11H23N.C11H22O.C10H18F3NO2.C10H19NO.C10H21NO.C10H17NO.C9H18N2O.C9H14N2O.C9H17NO2.2C9H19N/c1-9(2)11-5-7-12(8-6-11)10(3)4;1-9(2)10(12)7-6-8-11(3,4)5;1-7(2)14(5-6-16-8(3)4)9(15)10(11,12)13;1-8(2)9-3-4-11(5-9)10-6-12-7-10;1-8(2)11-9(12)6-7-10(3,4)5;1-10(2,3)7-4-5-9(12)6-8-11;1-9(2,3)7-5-11(6-7)8(12)10-4;1-7(2)8-5-11(6-8)9(12)3-4-10;1-8(2)7-9(11)10-3-5-12-6-4-10;1-7(2)9-5-10(6-9)8(3)4;1-5-10-6-8(7-10)9(2,3)4/h9-11H,5-8H2,1-4H3;9H,6-8H2,1-5H3;7-8H,5-6H2,1-4H3;8-10H,3-7H2,1-2H3;8H,6-7H2,1-5H3,(H,11,12);4-7H2,1-3H3;7H,5-6H2,1-4H3,(H,10,12);7-8H,3,5-6H2,1-2H3;8H,3-7H2,1-2H3;7-9H,5-6H2,1-4H3;8H,5-7H2,1-4H3. The SMILES string of the molecule is CC(C)(C)CCCC(=O)CC#N.CC(C)C(=O)CCCC(C)(C)C.CC(C)C1CCN(C(C)C)CC1.CC(C)C1CCN(C2COC2)C1.CC(C)C1CN(C(=O)CC#N)C1.CC(C)C1CN(C(C)C)C1.CC(C)CC(=O)N1CCOCC1.CC(C)NC(=O)CCC(C)(C)C.CC(C)OCCN(C(=O)C(F)(F)F)C(C)C.CCN1CC(C(C)(C)C)C1.CNC(=O)N1CC(C(C)(C)C)C1. The summed E-state index contributed by atoms with van der Waals surface area (Å²) in [5.74, 6) is 8.17. The third-order valence-corrected chi connectivity index (χ3v) is 25.9. The van der Waals surface area contributed by atoms with Crippen molar-refractivity contribution in [2.45, 2.75) is 395 Å². The zero-order valence-corrected chi connectivity index (χ0v) is 92.3. The highest BCUT2D eigenvalue weighted by Gasteiger charge is 2.44. The number of ether oxygens (including phenoxy) is 3. The molecular weight excluding hydrogens is 1670 g/mol. The van der Waals surface area contributed by atoms with E-state index in [0.29, 0.717) is 83.6 Å². The first kappa shape index (κ1) is 131. The average Bonchev–Trinajstić information content (AvgIpc) is 0.979. The van der Waals surface area contributed by atoms with Crippen LogP contribution in [-0.2, 0) is 43.0 Å².